The molecule has 1 aromatic heterocycles. The number of aromatic nitrogens is 1. The van der Waals surface area contributed by atoms with Crippen molar-refractivity contribution in [2.24, 2.45) is 0 Å². The highest BCUT2D eigenvalue weighted by atomic mass is 35.5. The summed E-state index contributed by atoms with van der Waals surface area (Å²) in [6.45, 7) is 7.66. The van der Waals surface area contributed by atoms with Gasteiger partial charge in [0.05, 0.1) is 18.3 Å². The van der Waals surface area contributed by atoms with Gasteiger partial charge in [0.2, 0.25) is 5.91 Å². The van der Waals surface area contributed by atoms with E-state index in [1.165, 1.54) is 0 Å². The fourth-order valence-electron chi connectivity index (χ4n) is 2.65. The van der Waals surface area contributed by atoms with Gasteiger partial charge in [-0.3, -0.25) is 9.78 Å². The molecule has 1 fully saturated rings. The molecule has 2 heterocycles. The van der Waals surface area contributed by atoms with Crippen molar-refractivity contribution in [1.29, 1.82) is 0 Å². The second-order valence-corrected chi connectivity index (χ2v) is 5.58. The van der Waals surface area contributed by atoms with Gasteiger partial charge in [0, 0.05) is 45.0 Å². The number of nitrogens with zero attached hydrogens (tertiary/aromatic N) is 4. The van der Waals surface area contributed by atoms with Crippen LogP contribution in [0.1, 0.15) is 19.5 Å². The summed E-state index contributed by atoms with van der Waals surface area (Å²) in [4.78, 5) is 34.2. The highest BCUT2D eigenvalue weighted by Crippen LogP contribution is 2.09. The van der Waals surface area contributed by atoms with Crippen LogP contribution in [0.25, 0.3) is 0 Å². The van der Waals surface area contributed by atoms with Crippen LogP contribution in [-0.4, -0.2) is 70.9 Å². The lowest BCUT2D eigenvalue weighted by atomic mass is 10.2. The summed E-state index contributed by atoms with van der Waals surface area (Å²) in [5.74, 6) is 0.0391. The Morgan fingerprint density at radius 3 is 2.21 bits per heavy atom. The summed E-state index contributed by atoms with van der Waals surface area (Å²) in [7, 11) is 0. The van der Waals surface area contributed by atoms with E-state index in [4.69, 9.17) is 5.73 Å². The zero-order valence-corrected chi connectivity index (χ0v) is 15.1. The summed E-state index contributed by atoms with van der Waals surface area (Å²) >= 11 is 0. The Balaban J connectivity index is 0.00000288. The van der Waals surface area contributed by atoms with E-state index in [0.717, 1.165) is 0 Å². The van der Waals surface area contributed by atoms with Crippen molar-refractivity contribution in [2.45, 2.75) is 20.3 Å². The molecule has 24 heavy (non-hydrogen) atoms. The van der Waals surface area contributed by atoms with Crippen LogP contribution in [0.5, 0.6) is 0 Å². The number of nitrogens with two attached hydrogens (primary N) is 1. The predicted octanol–water partition coefficient (Wildman–Crippen LogP) is 1.23. The maximum absolute atomic E-state index is 12.3. The molecule has 0 aromatic carbocycles. The Bertz CT molecular complexity index is 540. The van der Waals surface area contributed by atoms with Crippen molar-refractivity contribution in [3.63, 3.8) is 0 Å². The Kier molecular flexibility index (Phi) is 7.78. The molecule has 3 amide bonds. The third kappa shape index (κ3) is 4.99. The summed E-state index contributed by atoms with van der Waals surface area (Å²) < 4.78 is 0. The van der Waals surface area contributed by atoms with Crippen LogP contribution < -0.4 is 5.73 Å². The molecule has 2 N–H and O–H groups in total. The number of carbonyl (C=O) groups excluding carboxylic acids is 2. The van der Waals surface area contributed by atoms with Crippen molar-refractivity contribution in [1.82, 2.24) is 19.7 Å². The number of urea groups is 1. The van der Waals surface area contributed by atoms with Crippen LogP contribution in [0.15, 0.2) is 18.3 Å². The summed E-state index contributed by atoms with van der Waals surface area (Å²) in [5, 5.41) is 0. The number of halogens is 1. The molecule has 0 radical (unpaired) electrons. The minimum absolute atomic E-state index is 0. The first kappa shape index (κ1) is 20.0. The van der Waals surface area contributed by atoms with E-state index >= 15 is 0 Å². The van der Waals surface area contributed by atoms with Crippen LogP contribution in [0.3, 0.4) is 0 Å². The summed E-state index contributed by atoms with van der Waals surface area (Å²) in [6.07, 6.45) is 1.83. The van der Waals surface area contributed by atoms with Crippen LogP contribution >= 0.6 is 12.4 Å². The maximum atomic E-state index is 12.3. The summed E-state index contributed by atoms with van der Waals surface area (Å²) in [6, 6.07) is 3.58. The topological polar surface area (TPSA) is 82.8 Å². The Morgan fingerprint density at radius 2 is 1.71 bits per heavy atom. The Morgan fingerprint density at radius 1 is 1.12 bits per heavy atom. The molecule has 0 spiro atoms. The van der Waals surface area contributed by atoms with Gasteiger partial charge in [0.25, 0.3) is 0 Å². The van der Waals surface area contributed by atoms with Gasteiger partial charge in [-0.1, -0.05) is 0 Å². The third-order valence-corrected chi connectivity index (χ3v) is 4.12. The van der Waals surface area contributed by atoms with Gasteiger partial charge in [-0.15, -0.1) is 12.4 Å². The molecule has 8 heteroatoms. The summed E-state index contributed by atoms with van der Waals surface area (Å²) in [5.41, 5.74) is 6.89. The van der Waals surface area contributed by atoms with E-state index in [0.29, 0.717) is 50.6 Å². The van der Waals surface area contributed by atoms with Crippen molar-refractivity contribution in [3.05, 3.63) is 24.0 Å². The molecule has 0 atom stereocenters. The van der Waals surface area contributed by atoms with E-state index in [1.54, 1.807) is 28.1 Å². The highest BCUT2D eigenvalue weighted by molar-refractivity contribution is 5.85. The van der Waals surface area contributed by atoms with Gasteiger partial charge < -0.3 is 20.4 Å². The molecular formula is C16H26ClN5O2. The molecule has 1 aromatic rings. The number of nitrogen functional groups attached to an aromatic ring is 1. The van der Waals surface area contributed by atoms with Gasteiger partial charge in [0.1, 0.15) is 0 Å². The third-order valence-electron chi connectivity index (χ3n) is 4.12. The van der Waals surface area contributed by atoms with E-state index in [1.807, 2.05) is 18.7 Å². The molecule has 1 saturated heterocycles. The van der Waals surface area contributed by atoms with E-state index in [9.17, 15) is 9.59 Å². The Labute approximate surface area is 149 Å². The smallest absolute Gasteiger partial charge is 0.320 e. The number of hydrogen-bond donors (Lipinski definition) is 1. The zero-order chi connectivity index (χ0) is 16.8. The zero-order valence-electron chi connectivity index (χ0n) is 14.3. The molecule has 2 rings (SSSR count). The molecule has 0 saturated carbocycles. The highest BCUT2D eigenvalue weighted by Gasteiger charge is 2.26. The fourth-order valence-corrected chi connectivity index (χ4v) is 2.65. The van der Waals surface area contributed by atoms with Gasteiger partial charge in [-0.2, -0.15) is 0 Å². The molecule has 1 aliphatic rings. The first-order valence-corrected chi connectivity index (χ1v) is 8.07. The normalized spacial score (nSPS) is 14.1. The van der Waals surface area contributed by atoms with Crippen LogP contribution in [-0.2, 0) is 11.2 Å². The Hall–Kier alpha value is -2.02. The molecular weight excluding hydrogens is 330 g/mol. The first-order chi connectivity index (χ1) is 11.0. The van der Waals surface area contributed by atoms with Crippen molar-refractivity contribution in [2.75, 3.05) is 45.0 Å². The van der Waals surface area contributed by atoms with Crippen LogP contribution in [0.4, 0.5) is 10.5 Å². The van der Waals surface area contributed by atoms with Crippen LogP contribution in [0.2, 0.25) is 0 Å². The van der Waals surface area contributed by atoms with Crippen LogP contribution in [0, 0.1) is 0 Å². The predicted molar refractivity (Wildman–Crippen MR) is 96.1 cm³/mol. The number of rotatable bonds is 4. The number of hydrogen-bond acceptors (Lipinski definition) is 4. The second kappa shape index (κ2) is 9.32. The minimum atomic E-state index is 0. The number of piperazine rings is 1. The van der Waals surface area contributed by atoms with E-state index in [2.05, 4.69) is 4.98 Å². The van der Waals surface area contributed by atoms with Crippen molar-refractivity contribution >= 4 is 30.0 Å². The molecule has 7 nitrogen and oxygen atoms in total. The van der Waals surface area contributed by atoms with E-state index in [-0.39, 0.29) is 30.8 Å². The molecule has 134 valence electrons. The second-order valence-electron chi connectivity index (χ2n) is 5.58. The van der Waals surface area contributed by atoms with Gasteiger partial charge in [-0.05, 0) is 26.0 Å². The number of carbonyl (C=O) groups is 2. The lowest BCUT2D eigenvalue weighted by Crippen LogP contribution is -2.54. The minimum Gasteiger partial charge on any atom is -0.397 e. The molecule has 0 bridgehead atoms. The molecule has 0 unspecified atom stereocenters. The van der Waals surface area contributed by atoms with Crippen molar-refractivity contribution < 1.29 is 9.59 Å². The molecule has 0 aliphatic carbocycles. The first-order valence-electron chi connectivity index (χ1n) is 8.07. The van der Waals surface area contributed by atoms with Gasteiger partial charge in [-0.25, -0.2) is 4.79 Å². The van der Waals surface area contributed by atoms with Crippen molar-refractivity contribution in [3.8, 4) is 0 Å². The monoisotopic (exact) mass is 355 g/mol. The lowest BCUT2D eigenvalue weighted by molar-refractivity contribution is -0.132. The molecule has 1 aliphatic heterocycles. The number of amides is 3. The van der Waals surface area contributed by atoms with E-state index < -0.39 is 0 Å². The quantitative estimate of drug-likeness (QED) is 0.880. The number of anilines is 1. The largest absolute Gasteiger partial charge is 0.397 e. The maximum Gasteiger partial charge on any atom is 0.320 e. The fraction of sp³-hybridized carbons (Fsp3) is 0.562. The lowest BCUT2D eigenvalue weighted by Gasteiger charge is -2.37. The average Bonchev–Trinajstić information content (AvgIpc) is 2.58. The van der Waals surface area contributed by atoms with Gasteiger partial charge in [0.15, 0.2) is 0 Å². The SMILES string of the molecule is CCN(CC)C(=O)N1CCN(C(=O)Cc2ccc(N)cn2)CC1.Cl. The standard InChI is InChI=1S/C16H25N5O2.ClH/c1-3-19(4-2)16(23)21-9-7-20(8-10-21)15(22)11-14-6-5-13(17)12-18-14;/h5-6,12H,3-4,7-11,17H2,1-2H3;1H. The van der Waals surface area contributed by atoms with Gasteiger partial charge >= 0.3 is 6.03 Å². The average molecular weight is 356 g/mol. The number of pyridine rings is 1.